The molecule has 1 atom stereocenters. The predicted molar refractivity (Wildman–Crippen MR) is 51.9 cm³/mol. The number of carbonyl (C=O) groups excluding carboxylic acids is 1. The lowest BCUT2D eigenvalue weighted by atomic mass is 10.1. The maximum absolute atomic E-state index is 12.4. The highest BCUT2D eigenvalue weighted by molar-refractivity contribution is 5.75. The van der Waals surface area contributed by atoms with Gasteiger partial charge in [0, 0.05) is 5.56 Å². The Balaban J connectivity index is 2.65. The third-order valence-corrected chi connectivity index (χ3v) is 2.23. The summed E-state index contributed by atoms with van der Waals surface area (Å²) < 4.78 is 41.7. The summed E-state index contributed by atoms with van der Waals surface area (Å²) in [5.74, 6) is -0.651. The topological polar surface area (TPSA) is 81.0 Å². The van der Waals surface area contributed by atoms with Crippen LogP contribution in [0.15, 0.2) is 6.20 Å². The highest BCUT2D eigenvalue weighted by Crippen LogP contribution is 2.30. The van der Waals surface area contributed by atoms with Crippen molar-refractivity contribution in [1.82, 2.24) is 10.2 Å². The lowest BCUT2D eigenvalue weighted by molar-refractivity contribution is -0.142. The van der Waals surface area contributed by atoms with E-state index in [1.54, 1.807) is 0 Å². The number of rotatable bonds is 4. The molecule has 0 amide bonds. The van der Waals surface area contributed by atoms with Gasteiger partial charge in [-0.15, -0.1) is 0 Å². The van der Waals surface area contributed by atoms with Crippen LogP contribution in [0.1, 0.15) is 17.7 Å². The van der Waals surface area contributed by atoms with Gasteiger partial charge < -0.3 is 10.5 Å². The second kappa shape index (κ2) is 5.17. The van der Waals surface area contributed by atoms with Crippen LogP contribution in [-0.2, 0) is 22.1 Å². The van der Waals surface area contributed by atoms with E-state index in [1.165, 1.54) is 7.11 Å². The number of hydrogen-bond donors (Lipinski definition) is 2. The Morgan fingerprint density at radius 1 is 1.65 bits per heavy atom. The molecule has 0 saturated heterocycles. The maximum Gasteiger partial charge on any atom is 0.433 e. The number of aromatic amines is 1. The summed E-state index contributed by atoms with van der Waals surface area (Å²) in [6.45, 7) is 0. The molecule has 0 aliphatic carbocycles. The highest BCUT2D eigenvalue weighted by atomic mass is 19.4. The monoisotopic (exact) mass is 251 g/mol. The minimum atomic E-state index is -4.48. The Hall–Kier alpha value is -1.57. The van der Waals surface area contributed by atoms with Crippen molar-refractivity contribution in [3.8, 4) is 0 Å². The zero-order valence-corrected chi connectivity index (χ0v) is 9.04. The number of aromatic nitrogens is 2. The first-order chi connectivity index (χ1) is 7.86. The Kier molecular flexibility index (Phi) is 4.11. The summed E-state index contributed by atoms with van der Waals surface area (Å²) >= 11 is 0. The van der Waals surface area contributed by atoms with Crippen molar-refractivity contribution in [2.24, 2.45) is 5.73 Å². The number of halogens is 3. The number of hydrogen-bond acceptors (Lipinski definition) is 4. The maximum atomic E-state index is 12.4. The molecule has 1 aromatic rings. The molecule has 0 saturated carbocycles. The van der Waals surface area contributed by atoms with Gasteiger partial charge in [-0.3, -0.25) is 9.89 Å². The van der Waals surface area contributed by atoms with Crippen LogP contribution in [0.3, 0.4) is 0 Å². The molecule has 96 valence electrons. The van der Waals surface area contributed by atoms with Gasteiger partial charge in [0.25, 0.3) is 0 Å². The van der Waals surface area contributed by atoms with Gasteiger partial charge in [0.15, 0.2) is 0 Å². The molecule has 0 aliphatic rings. The van der Waals surface area contributed by atoms with Crippen molar-refractivity contribution in [1.29, 1.82) is 0 Å². The van der Waals surface area contributed by atoms with Crippen LogP contribution in [0.25, 0.3) is 0 Å². The Bertz CT molecular complexity index is 389. The standard InChI is InChI=1S/C9H12F3N3O2/c1-17-8(16)6(13)3-2-5-4-14-15-7(5)9(10,11)12/h4,6H,2-3,13H2,1H3,(H,14,15)/t6-/m1/s1. The molecule has 3 N–H and O–H groups in total. The Labute approximate surface area is 95.1 Å². The molecule has 0 radical (unpaired) electrons. The van der Waals surface area contributed by atoms with E-state index in [2.05, 4.69) is 9.84 Å². The number of ether oxygens (including phenoxy) is 1. The van der Waals surface area contributed by atoms with Gasteiger partial charge in [-0.05, 0) is 12.8 Å². The molecule has 8 heteroatoms. The zero-order valence-electron chi connectivity index (χ0n) is 9.04. The van der Waals surface area contributed by atoms with E-state index in [1.807, 2.05) is 5.10 Å². The van der Waals surface area contributed by atoms with E-state index in [9.17, 15) is 18.0 Å². The third-order valence-electron chi connectivity index (χ3n) is 2.23. The smallest absolute Gasteiger partial charge is 0.433 e. The average molecular weight is 251 g/mol. The van der Waals surface area contributed by atoms with E-state index < -0.39 is 23.9 Å². The fourth-order valence-electron chi connectivity index (χ4n) is 1.33. The largest absolute Gasteiger partial charge is 0.468 e. The van der Waals surface area contributed by atoms with Crippen molar-refractivity contribution in [2.75, 3.05) is 7.11 Å². The number of esters is 1. The normalized spacial score (nSPS) is 13.5. The number of aryl methyl sites for hydroxylation is 1. The zero-order chi connectivity index (χ0) is 13.1. The van der Waals surface area contributed by atoms with Gasteiger partial charge in [-0.1, -0.05) is 0 Å². The van der Waals surface area contributed by atoms with E-state index in [0.29, 0.717) is 0 Å². The third kappa shape index (κ3) is 3.45. The van der Waals surface area contributed by atoms with Gasteiger partial charge >= 0.3 is 12.1 Å². The van der Waals surface area contributed by atoms with Gasteiger partial charge in [-0.2, -0.15) is 18.3 Å². The Morgan fingerprint density at radius 3 is 2.82 bits per heavy atom. The molecule has 0 bridgehead atoms. The van der Waals surface area contributed by atoms with Crippen molar-refractivity contribution in [3.05, 3.63) is 17.5 Å². The van der Waals surface area contributed by atoms with Crippen LogP contribution in [0.2, 0.25) is 0 Å². The minimum absolute atomic E-state index is 0.00160. The van der Waals surface area contributed by atoms with Gasteiger partial charge in [-0.25, -0.2) is 0 Å². The lowest BCUT2D eigenvalue weighted by Crippen LogP contribution is -2.32. The average Bonchev–Trinajstić information content (AvgIpc) is 2.72. The first kappa shape index (κ1) is 13.5. The number of nitrogens with zero attached hydrogens (tertiary/aromatic N) is 1. The molecule has 0 spiro atoms. The van der Waals surface area contributed by atoms with E-state index in [-0.39, 0.29) is 18.4 Å². The molecule has 1 heterocycles. The molecule has 0 aliphatic heterocycles. The second-order valence-corrected chi connectivity index (χ2v) is 3.44. The van der Waals surface area contributed by atoms with Crippen LogP contribution >= 0.6 is 0 Å². The number of H-pyrrole nitrogens is 1. The Morgan fingerprint density at radius 2 is 2.29 bits per heavy atom. The number of nitrogens with two attached hydrogens (primary N) is 1. The highest BCUT2D eigenvalue weighted by Gasteiger charge is 2.35. The molecular formula is C9H12F3N3O2. The van der Waals surface area contributed by atoms with E-state index in [0.717, 1.165) is 6.20 Å². The van der Waals surface area contributed by atoms with Crippen LogP contribution < -0.4 is 5.73 Å². The predicted octanol–water partition coefficient (Wildman–Crippen LogP) is 0.861. The summed E-state index contributed by atoms with van der Waals surface area (Å²) in [7, 11) is 1.17. The van der Waals surface area contributed by atoms with E-state index in [4.69, 9.17) is 5.73 Å². The lowest BCUT2D eigenvalue weighted by Gasteiger charge is -2.10. The first-order valence-corrected chi connectivity index (χ1v) is 4.79. The van der Waals surface area contributed by atoms with Gasteiger partial charge in [0.05, 0.1) is 13.3 Å². The molecule has 1 aromatic heterocycles. The quantitative estimate of drug-likeness (QED) is 0.778. The summed E-state index contributed by atoms with van der Waals surface area (Å²) in [6.07, 6.45) is -3.34. The minimum Gasteiger partial charge on any atom is -0.468 e. The van der Waals surface area contributed by atoms with Crippen LogP contribution in [0.5, 0.6) is 0 Å². The molecule has 5 nitrogen and oxygen atoms in total. The molecule has 1 rings (SSSR count). The van der Waals surface area contributed by atoms with Crippen molar-refractivity contribution in [2.45, 2.75) is 25.1 Å². The number of alkyl halides is 3. The van der Waals surface area contributed by atoms with Gasteiger partial charge in [0.2, 0.25) is 0 Å². The van der Waals surface area contributed by atoms with Crippen molar-refractivity contribution in [3.63, 3.8) is 0 Å². The molecule has 0 aromatic carbocycles. The van der Waals surface area contributed by atoms with E-state index >= 15 is 0 Å². The fourth-order valence-corrected chi connectivity index (χ4v) is 1.33. The number of methoxy groups -OCH3 is 1. The molecular weight excluding hydrogens is 239 g/mol. The molecule has 0 unspecified atom stereocenters. The fraction of sp³-hybridized carbons (Fsp3) is 0.556. The summed E-state index contributed by atoms with van der Waals surface area (Å²) in [5, 5.41) is 5.21. The number of carbonyl (C=O) groups is 1. The molecule has 0 fully saturated rings. The van der Waals surface area contributed by atoms with Crippen molar-refractivity contribution < 1.29 is 22.7 Å². The summed E-state index contributed by atoms with van der Waals surface area (Å²) in [5.41, 5.74) is 4.49. The molecule has 17 heavy (non-hydrogen) atoms. The summed E-state index contributed by atoms with van der Waals surface area (Å²) in [4.78, 5) is 11.0. The number of nitrogens with one attached hydrogen (secondary N) is 1. The van der Waals surface area contributed by atoms with Crippen LogP contribution in [-0.4, -0.2) is 29.3 Å². The van der Waals surface area contributed by atoms with Crippen LogP contribution in [0.4, 0.5) is 13.2 Å². The SMILES string of the molecule is COC(=O)[C@H](N)CCc1cn[nH]c1C(F)(F)F. The first-order valence-electron chi connectivity index (χ1n) is 4.79. The second-order valence-electron chi connectivity index (χ2n) is 3.44. The van der Waals surface area contributed by atoms with Crippen molar-refractivity contribution >= 4 is 5.97 Å². The summed E-state index contributed by atoms with van der Waals surface area (Å²) in [6, 6.07) is -0.934. The van der Waals surface area contributed by atoms with Crippen LogP contribution in [0, 0.1) is 0 Å². The van der Waals surface area contributed by atoms with Gasteiger partial charge in [0.1, 0.15) is 11.7 Å².